The van der Waals surface area contributed by atoms with Gasteiger partial charge >= 0.3 is 5.97 Å². The van der Waals surface area contributed by atoms with Crippen LogP contribution in [0.25, 0.3) is 0 Å². The quantitative estimate of drug-likeness (QED) is 0.428. The van der Waals surface area contributed by atoms with Crippen molar-refractivity contribution in [3.8, 4) is 17.6 Å². The van der Waals surface area contributed by atoms with Gasteiger partial charge in [0.2, 0.25) is 5.91 Å². The zero-order valence-electron chi connectivity index (χ0n) is 23.0. The van der Waals surface area contributed by atoms with Crippen LogP contribution in [-0.4, -0.2) is 54.4 Å². The Morgan fingerprint density at radius 3 is 2.41 bits per heavy atom. The molecule has 3 N–H and O–H groups in total. The number of carboxylic acid groups (broad SMARTS) is 1. The highest BCUT2D eigenvalue weighted by molar-refractivity contribution is 5.98. The Kier molecular flexibility index (Phi) is 8.10. The van der Waals surface area contributed by atoms with E-state index in [1.807, 2.05) is 0 Å². The normalized spacial score (nSPS) is 29.8. The maximum Gasteiger partial charge on any atom is 0.309 e. The van der Waals surface area contributed by atoms with E-state index in [1.54, 1.807) is 20.8 Å². The number of rotatable bonds is 9. The second kappa shape index (κ2) is 11.0. The number of halogens is 1. The summed E-state index contributed by atoms with van der Waals surface area (Å²) in [7, 11) is 1.41. The van der Waals surface area contributed by atoms with Gasteiger partial charge in [0.15, 0.2) is 0 Å². The number of carbonyl (C=O) groups excluding carboxylic acids is 2. The van der Waals surface area contributed by atoms with Crippen molar-refractivity contribution in [2.24, 2.45) is 23.2 Å². The lowest BCUT2D eigenvalue weighted by atomic mass is 9.75. The summed E-state index contributed by atoms with van der Waals surface area (Å²) in [5.74, 6) is -1.26. The Bertz CT molecular complexity index is 1170. The smallest absolute Gasteiger partial charge is 0.309 e. The topological polar surface area (TPSA) is 138 Å². The predicted molar refractivity (Wildman–Crippen MR) is 140 cm³/mol. The van der Waals surface area contributed by atoms with E-state index in [0.29, 0.717) is 25.7 Å². The molecule has 0 saturated heterocycles. The van der Waals surface area contributed by atoms with E-state index in [2.05, 4.69) is 16.7 Å². The van der Waals surface area contributed by atoms with Crippen LogP contribution in [-0.2, 0) is 9.59 Å². The van der Waals surface area contributed by atoms with E-state index in [0.717, 1.165) is 19.3 Å². The number of aliphatic carboxylic acids is 1. The Hall–Kier alpha value is -3.35. The maximum absolute atomic E-state index is 13.6. The minimum absolute atomic E-state index is 0.125. The Morgan fingerprint density at radius 2 is 1.82 bits per heavy atom. The summed E-state index contributed by atoms with van der Waals surface area (Å²) in [5, 5.41) is 25.1. The molecule has 0 aliphatic heterocycles. The summed E-state index contributed by atoms with van der Waals surface area (Å²) in [6.45, 7) is 4.29. The zero-order valence-corrected chi connectivity index (χ0v) is 23.0. The first kappa shape index (κ1) is 28.7. The van der Waals surface area contributed by atoms with E-state index in [1.165, 1.54) is 19.2 Å². The van der Waals surface area contributed by atoms with Gasteiger partial charge < -0.3 is 25.2 Å². The number of alkyl halides is 1. The lowest BCUT2D eigenvalue weighted by Gasteiger charge is -2.34. The molecular weight excluding hydrogens is 505 g/mol. The highest BCUT2D eigenvalue weighted by Gasteiger charge is 2.52. The number of methoxy groups -OCH3 is 1. The minimum atomic E-state index is -0.989. The molecule has 4 unspecified atom stereocenters. The van der Waals surface area contributed by atoms with Crippen LogP contribution in [0.1, 0.15) is 81.6 Å². The standard InChI is InChI=1S/C29H38FN3O6/c1-28(2,15-30)33-26(35)23-16-5-6-17(11-16)24(23)32-25(34)20-13-21(18(14-31)12-22(20)38-4)39-19-7-9-29(3,10-8-19)27(36)37/h12-13,16-17,19,23-24H,5-11,15H2,1-4H3,(H,32,34)(H,33,35)(H,36,37). The molecule has 0 radical (unpaired) electrons. The molecule has 212 valence electrons. The van der Waals surface area contributed by atoms with E-state index < -0.39 is 41.5 Å². The van der Waals surface area contributed by atoms with Crippen molar-refractivity contribution in [1.82, 2.24) is 10.6 Å². The number of amides is 2. The number of hydrogen-bond acceptors (Lipinski definition) is 6. The summed E-state index contributed by atoms with van der Waals surface area (Å²) >= 11 is 0. The number of fused-ring (bicyclic) bond motifs is 2. The van der Waals surface area contributed by atoms with Crippen LogP contribution in [0.3, 0.4) is 0 Å². The molecule has 0 spiro atoms. The van der Waals surface area contributed by atoms with Gasteiger partial charge in [-0.2, -0.15) is 5.26 Å². The molecule has 0 heterocycles. The van der Waals surface area contributed by atoms with Gasteiger partial charge in [0.05, 0.1) is 41.2 Å². The third-order valence-electron chi connectivity index (χ3n) is 8.83. The maximum atomic E-state index is 13.6. The summed E-state index contributed by atoms with van der Waals surface area (Å²) in [4.78, 5) is 38.3. The molecule has 3 fully saturated rings. The van der Waals surface area contributed by atoms with E-state index in [-0.39, 0.29) is 46.5 Å². The Labute approximate surface area is 228 Å². The van der Waals surface area contributed by atoms with Crippen molar-refractivity contribution >= 4 is 17.8 Å². The van der Waals surface area contributed by atoms with Crippen LogP contribution in [0.5, 0.6) is 11.5 Å². The molecule has 39 heavy (non-hydrogen) atoms. The molecule has 1 aromatic rings. The first-order valence-electron chi connectivity index (χ1n) is 13.6. The fourth-order valence-corrected chi connectivity index (χ4v) is 6.39. The summed E-state index contributed by atoms with van der Waals surface area (Å²) in [5.41, 5.74) is -1.40. The lowest BCUT2D eigenvalue weighted by molar-refractivity contribution is -0.150. The molecule has 9 nitrogen and oxygen atoms in total. The Balaban J connectivity index is 1.54. The average molecular weight is 544 g/mol. The second-order valence-electron chi connectivity index (χ2n) is 12.2. The summed E-state index contributed by atoms with van der Waals surface area (Å²) in [6, 6.07) is 4.64. The molecule has 10 heteroatoms. The molecule has 3 aliphatic carbocycles. The highest BCUT2D eigenvalue weighted by atomic mass is 19.1. The monoisotopic (exact) mass is 543 g/mol. The van der Waals surface area contributed by atoms with E-state index in [9.17, 15) is 29.1 Å². The number of carboxylic acids is 1. The number of ether oxygens (including phenoxy) is 2. The van der Waals surface area contributed by atoms with Gasteiger partial charge in [0.1, 0.15) is 24.2 Å². The number of nitriles is 1. The molecular formula is C29H38FN3O6. The van der Waals surface area contributed by atoms with Crippen LogP contribution in [0.4, 0.5) is 4.39 Å². The second-order valence-corrected chi connectivity index (χ2v) is 12.2. The van der Waals surface area contributed by atoms with Crippen molar-refractivity contribution in [3.63, 3.8) is 0 Å². The van der Waals surface area contributed by atoms with Gasteiger partial charge in [-0.15, -0.1) is 0 Å². The molecule has 3 aliphatic rings. The number of nitrogens with one attached hydrogen (secondary N) is 2. The molecule has 2 bridgehead atoms. The molecule has 4 rings (SSSR count). The van der Waals surface area contributed by atoms with Crippen LogP contribution in [0.2, 0.25) is 0 Å². The van der Waals surface area contributed by atoms with E-state index in [4.69, 9.17) is 9.47 Å². The highest BCUT2D eigenvalue weighted by Crippen LogP contribution is 2.49. The number of hydrogen-bond donors (Lipinski definition) is 3. The number of carbonyl (C=O) groups is 3. The molecule has 3 saturated carbocycles. The van der Waals surface area contributed by atoms with Crippen LogP contribution < -0.4 is 20.1 Å². The van der Waals surface area contributed by atoms with Crippen molar-refractivity contribution in [1.29, 1.82) is 5.26 Å². The predicted octanol–water partition coefficient (Wildman–Crippen LogP) is 3.99. The lowest BCUT2D eigenvalue weighted by Crippen LogP contribution is -2.54. The van der Waals surface area contributed by atoms with Crippen molar-refractivity contribution in [2.45, 2.75) is 83.4 Å². The first-order valence-corrected chi connectivity index (χ1v) is 13.6. The first-order chi connectivity index (χ1) is 18.4. The van der Waals surface area contributed by atoms with Gasteiger partial charge in [-0.05, 0) is 83.6 Å². The summed E-state index contributed by atoms with van der Waals surface area (Å²) in [6.07, 6.45) is 4.27. The van der Waals surface area contributed by atoms with Crippen LogP contribution in [0, 0.1) is 34.5 Å². The van der Waals surface area contributed by atoms with Gasteiger partial charge in [-0.1, -0.05) is 0 Å². The van der Waals surface area contributed by atoms with Crippen molar-refractivity contribution < 1.29 is 33.4 Å². The minimum Gasteiger partial charge on any atom is -0.496 e. The third-order valence-corrected chi connectivity index (χ3v) is 8.83. The molecule has 0 aromatic heterocycles. The van der Waals surface area contributed by atoms with Crippen LogP contribution in [0.15, 0.2) is 12.1 Å². The fourth-order valence-electron chi connectivity index (χ4n) is 6.39. The number of nitrogens with zero attached hydrogens (tertiary/aromatic N) is 1. The van der Waals surface area contributed by atoms with Gasteiger partial charge in [0.25, 0.3) is 5.91 Å². The van der Waals surface area contributed by atoms with Gasteiger partial charge in [-0.3, -0.25) is 14.4 Å². The van der Waals surface area contributed by atoms with Gasteiger partial charge in [-0.25, -0.2) is 4.39 Å². The molecule has 4 atom stereocenters. The van der Waals surface area contributed by atoms with E-state index >= 15 is 0 Å². The molecule has 1 aromatic carbocycles. The summed E-state index contributed by atoms with van der Waals surface area (Å²) < 4.78 is 25.0. The van der Waals surface area contributed by atoms with Crippen LogP contribution >= 0.6 is 0 Å². The fraction of sp³-hybridized carbons (Fsp3) is 0.655. The number of benzene rings is 1. The van der Waals surface area contributed by atoms with Crippen molar-refractivity contribution in [3.05, 3.63) is 23.3 Å². The largest absolute Gasteiger partial charge is 0.496 e. The average Bonchev–Trinajstić information content (AvgIpc) is 3.51. The van der Waals surface area contributed by atoms with Crippen molar-refractivity contribution in [2.75, 3.05) is 13.8 Å². The van der Waals surface area contributed by atoms with Gasteiger partial charge in [0, 0.05) is 12.1 Å². The zero-order chi connectivity index (χ0) is 28.5. The SMILES string of the molecule is COc1cc(C#N)c(OC2CCC(C)(C(=O)O)CC2)cc1C(=O)NC1C2CCC(C2)C1C(=O)NC(C)(C)CF. The third kappa shape index (κ3) is 5.82. The Morgan fingerprint density at radius 1 is 1.15 bits per heavy atom. The molecule has 2 amide bonds.